The van der Waals surface area contributed by atoms with E-state index in [1.54, 1.807) is 30.3 Å². The van der Waals surface area contributed by atoms with E-state index in [4.69, 9.17) is 0 Å². The summed E-state index contributed by atoms with van der Waals surface area (Å²) in [5.41, 5.74) is -0.393. The van der Waals surface area contributed by atoms with Crippen molar-refractivity contribution >= 4 is 11.9 Å². The fraction of sp³-hybridized carbons (Fsp3) is 0.529. The minimum Gasteiger partial charge on any atom is -0.481 e. The third kappa shape index (κ3) is 4.72. The summed E-state index contributed by atoms with van der Waals surface area (Å²) in [6.07, 6.45) is -4.20. The number of alkyl halides is 3. The van der Waals surface area contributed by atoms with Crippen LogP contribution in [0.3, 0.4) is 0 Å². The molecular weight excluding hydrogens is 323 g/mol. The van der Waals surface area contributed by atoms with E-state index >= 15 is 0 Å². The van der Waals surface area contributed by atoms with E-state index in [1.807, 2.05) is 0 Å². The Kier molecular flexibility index (Phi) is 5.51. The molecule has 0 radical (unpaired) electrons. The van der Waals surface area contributed by atoms with Gasteiger partial charge in [-0.3, -0.25) is 9.59 Å². The lowest BCUT2D eigenvalue weighted by molar-refractivity contribution is -0.161. The molecule has 1 aromatic carbocycles. The van der Waals surface area contributed by atoms with Gasteiger partial charge in [0.25, 0.3) is 0 Å². The Labute approximate surface area is 138 Å². The van der Waals surface area contributed by atoms with Crippen molar-refractivity contribution in [2.24, 2.45) is 5.41 Å². The average Bonchev–Trinajstić information content (AvgIpc) is 2.46. The first kappa shape index (κ1) is 18.3. The minimum atomic E-state index is -4.36. The number of rotatable bonds is 7. The second-order valence-corrected chi connectivity index (χ2v) is 6.28. The summed E-state index contributed by atoms with van der Waals surface area (Å²) in [6.45, 7) is -0.418. The van der Waals surface area contributed by atoms with Gasteiger partial charge in [-0.15, -0.1) is 0 Å². The minimum absolute atomic E-state index is 0.0471. The first-order chi connectivity index (χ1) is 11.2. The zero-order valence-corrected chi connectivity index (χ0v) is 13.2. The molecule has 0 heterocycles. The van der Waals surface area contributed by atoms with Crippen LogP contribution >= 0.6 is 0 Å². The molecule has 1 saturated carbocycles. The molecule has 2 rings (SSSR count). The van der Waals surface area contributed by atoms with Crippen LogP contribution in [0.15, 0.2) is 30.3 Å². The smallest absolute Gasteiger partial charge is 0.390 e. The first-order valence-electron chi connectivity index (χ1n) is 7.84. The number of amides is 1. The van der Waals surface area contributed by atoms with Gasteiger partial charge in [0.2, 0.25) is 5.91 Å². The van der Waals surface area contributed by atoms with E-state index in [2.05, 4.69) is 0 Å². The van der Waals surface area contributed by atoms with Crippen LogP contribution in [-0.2, 0) is 16.1 Å². The van der Waals surface area contributed by atoms with Crippen molar-refractivity contribution < 1.29 is 27.9 Å². The van der Waals surface area contributed by atoms with E-state index in [9.17, 15) is 27.9 Å². The number of nitrogens with zero attached hydrogens (tertiary/aromatic N) is 1. The highest BCUT2D eigenvalue weighted by atomic mass is 19.4. The maximum atomic E-state index is 12.5. The van der Waals surface area contributed by atoms with Crippen molar-refractivity contribution in [2.45, 2.75) is 44.8 Å². The summed E-state index contributed by atoms with van der Waals surface area (Å²) in [5, 5.41) is 9.31. The van der Waals surface area contributed by atoms with Crippen molar-refractivity contribution in [1.29, 1.82) is 0 Å². The molecule has 1 aromatic rings. The van der Waals surface area contributed by atoms with Crippen LogP contribution < -0.4 is 0 Å². The van der Waals surface area contributed by atoms with Gasteiger partial charge in [-0.05, 0) is 18.4 Å². The summed E-state index contributed by atoms with van der Waals surface area (Å²) in [6, 6.07) is 8.71. The summed E-state index contributed by atoms with van der Waals surface area (Å²) < 4.78 is 37.6. The maximum absolute atomic E-state index is 12.5. The van der Waals surface area contributed by atoms with Crippen LogP contribution in [-0.4, -0.2) is 34.6 Å². The molecule has 1 aliphatic rings. The van der Waals surface area contributed by atoms with Crippen LogP contribution in [0.1, 0.15) is 37.7 Å². The molecule has 0 spiro atoms. The molecule has 0 atom stereocenters. The zero-order chi connectivity index (χ0) is 17.8. The lowest BCUT2D eigenvalue weighted by Gasteiger charge is -2.38. The van der Waals surface area contributed by atoms with Gasteiger partial charge in [-0.1, -0.05) is 36.8 Å². The van der Waals surface area contributed by atoms with E-state index in [0.29, 0.717) is 18.4 Å². The monoisotopic (exact) mass is 343 g/mol. The van der Waals surface area contributed by atoms with Gasteiger partial charge in [0.1, 0.15) is 0 Å². The Morgan fingerprint density at radius 3 is 2.25 bits per heavy atom. The number of carboxylic acids is 1. The SMILES string of the molecule is O=C(CC1(C(=O)O)CCC1)N(CCC(F)(F)F)Cc1ccccc1. The number of carbonyl (C=O) groups excluding carboxylic acids is 1. The summed E-state index contributed by atoms with van der Waals surface area (Å²) >= 11 is 0. The fourth-order valence-corrected chi connectivity index (χ4v) is 2.83. The van der Waals surface area contributed by atoms with Gasteiger partial charge < -0.3 is 10.0 Å². The maximum Gasteiger partial charge on any atom is 0.390 e. The molecule has 132 valence electrons. The van der Waals surface area contributed by atoms with Crippen LogP contribution in [0.25, 0.3) is 0 Å². The average molecular weight is 343 g/mol. The van der Waals surface area contributed by atoms with Crippen LogP contribution in [0, 0.1) is 5.41 Å². The molecule has 1 fully saturated rings. The van der Waals surface area contributed by atoms with Crippen molar-refractivity contribution in [3.05, 3.63) is 35.9 Å². The molecule has 0 saturated heterocycles. The number of carbonyl (C=O) groups is 2. The Morgan fingerprint density at radius 2 is 1.79 bits per heavy atom. The van der Waals surface area contributed by atoms with E-state index < -0.39 is 36.4 Å². The molecule has 0 unspecified atom stereocenters. The largest absolute Gasteiger partial charge is 0.481 e. The third-order valence-corrected chi connectivity index (χ3v) is 4.49. The highest BCUT2D eigenvalue weighted by Gasteiger charge is 2.46. The molecular formula is C17H20F3NO3. The predicted octanol–water partition coefficient (Wildman–Crippen LogP) is 3.61. The van der Waals surface area contributed by atoms with Gasteiger partial charge >= 0.3 is 12.1 Å². The number of benzene rings is 1. The summed E-state index contributed by atoms with van der Waals surface area (Å²) in [4.78, 5) is 25.0. The lowest BCUT2D eigenvalue weighted by atomic mass is 9.66. The molecule has 7 heteroatoms. The number of hydrogen-bond donors (Lipinski definition) is 1. The Morgan fingerprint density at radius 1 is 1.17 bits per heavy atom. The molecule has 1 aliphatic carbocycles. The van der Waals surface area contributed by atoms with Gasteiger partial charge in [0.15, 0.2) is 0 Å². The fourth-order valence-electron chi connectivity index (χ4n) is 2.83. The Hall–Kier alpha value is -2.05. The van der Waals surface area contributed by atoms with Crippen molar-refractivity contribution in [2.75, 3.05) is 6.54 Å². The summed E-state index contributed by atoms with van der Waals surface area (Å²) in [5.74, 6) is -1.58. The first-order valence-corrected chi connectivity index (χ1v) is 7.84. The summed E-state index contributed by atoms with van der Waals surface area (Å²) in [7, 11) is 0. The van der Waals surface area contributed by atoms with Crippen LogP contribution in [0.5, 0.6) is 0 Å². The normalized spacial score (nSPS) is 16.3. The van der Waals surface area contributed by atoms with Gasteiger partial charge in [-0.25, -0.2) is 0 Å². The standard InChI is InChI=1S/C17H20F3NO3/c18-17(19,20)9-10-21(12-13-5-2-1-3-6-13)14(22)11-16(15(23)24)7-4-8-16/h1-3,5-6H,4,7-12H2,(H,23,24). The Balaban J connectivity index is 2.08. The topological polar surface area (TPSA) is 57.6 Å². The van der Waals surface area contributed by atoms with Crippen LogP contribution in [0.2, 0.25) is 0 Å². The number of carboxylic acid groups (broad SMARTS) is 1. The number of hydrogen-bond acceptors (Lipinski definition) is 2. The molecule has 0 aromatic heterocycles. The van der Waals surface area contributed by atoms with E-state index in [0.717, 1.165) is 11.3 Å². The molecule has 1 amide bonds. The van der Waals surface area contributed by atoms with Crippen molar-refractivity contribution in [3.63, 3.8) is 0 Å². The zero-order valence-electron chi connectivity index (χ0n) is 13.2. The third-order valence-electron chi connectivity index (χ3n) is 4.49. The molecule has 0 bridgehead atoms. The lowest BCUT2D eigenvalue weighted by Crippen LogP contribution is -2.44. The van der Waals surface area contributed by atoms with E-state index in [1.165, 1.54) is 0 Å². The van der Waals surface area contributed by atoms with Crippen molar-refractivity contribution in [1.82, 2.24) is 4.90 Å². The quantitative estimate of drug-likeness (QED) is 0.823. The Bertz CT molecular complexity index is 582. The molecule has 1 N–H and O–H groups in total. The second-order valence-electron chi connectivity index (χ2n) is 6.28. The van der Waals surface area contributed by atoms with Gasteiger partial charge in [-0.2, -0.15) is 13.2 Å². The van der Waals surface area contributed by atoms with Gasteiger partial charge in [0, 0.05) is 19.5 Å². The highest BCUT2D eigenvalue weighted by Crippen LogP contribution is 2.44. The molecule has 4 nitrogen and oxygen atoms in total. The van der Waals surface area contributed by atoms with Crippen LogP contribution in [0.4, 0.5) is 13.2 Å². The van der Waals surface area contributed by atoms with Crippen molar-refractivity contribution in [3.8, 4) is 0 Å². The molecule has 0 aliphatic heterocycles. The second kappa shape index (κ2) is 7.23. The molecule has 24 heavy (non-hydrogen) atoms. The number of halogens is 3. The van der Waals surface area contributed by atoms with E-state index in [-0.39, 0.29) is 13.0 Å². The van der Waals surface area contributed by atoms with Gasteiger partial charge in [0.05, 0.1) is 11.8 Å². The number of aliphatic carboxylic acids is 1. The highest BCUT2D eigenvalue weighted by molar-refractivity contribution is 5.85. The predicted molar refractivity (Wildman–Crippen MR) is 81.1 cm³/mol.